The fraction of sp³-hybridized carbons (Fsp3) is 0.480. The molecule has 31 heavy (non-hydrogen) atoms. The van der Waals surface area contributed by atoms with Crippen LogP contribution >= 0.6 is 0 Å². The first-order valence-corrected chi connectivity index (χ1v) is 11.3. The van der Waals surface area contributed by atoms with Gasteiger partial charge in [0, 0.05) is 38.4 Å². The third-order valence-electron chi connectivity index (χ3n) is 5.64. The quantitative estimate of drug-likeness (QED) is 0.364. The lowest BCUT2D eigenvalue weighted by Crippen LogP contribution is -2.48. The van der Waals surface area contributed by atoms with E-state index in [1.54, 1.807) is 7.11 Å². The van der Waals surface area contributed by atoms with Gasteiger partial charge in [-0.25, -0.2) is 0 Å². The highest BCUT2D eigenvalue weighted by Crippen LogP contribution is 2.28. The molecule has 0 saturated carbocycles. The Kier molecular flexibility index (Phi) is 8.88. The van der Waals surface area contributed by atoms with Crippen molar-refractivity contribution in [1.82, 2.24) is 10.6 Å². The summed E-state index contributed by atoms with van der Waals surface area (Å²) in [6, 6.07) is 17.3. The van der Waals surface area contributed by atoms with Gasteiger partial charge in [-0.3, -0.25) is 4.99 Å². The Labute approximate surface area is 186 Å². The summed E-state index contributed by atoms with van der Waals surface area (Å²) in [6.45, 7) is 5.63. The molecule has 0 amide bonds. The second-order valence-corrected chi connectivity index (χ2v) is 7.76. The zero-order chi connectivity index (χ0) is 21.9. The SMILES string of the molecule is CCOc1cc(CCCNC(=NC)NC2CCN(c3ccccc3)CC2)ccc1OC. The summed E-state index contributed by atoms with van der Waals surface area (Å²) in [4.78, 5) is 6.87. The smallest absolute Gasteiger partial charge is 0.191 e. The van der Waals surface area contributed by atoms with E-state index in [0.717, 1.165) is 62.8 Å². The Bertz CT molecular complexity index is 818. The molecule has 0 unspecified atom stereocenters. The number of para-hydroxylation sites is 1. The molecule has 0 aromatic heterocycles. The average molecular weight is 425 g/mol. The van der Waals surface area contributed by atoms with Gasteiger partial charge < -0.3 is 25.0 Å². The van der Waals surface area contributed by atoms with E-state index in [4.69, 9.17) is 9.47 Å². The van der Waals surface area contributed by atoms with Crippen LogP contribution in [0.15, 0.2) is 53.5 Å². The first-order valence-electron chi connectivity index (χ1n) is 11.3. The maximum atomic E-state index is 5.68. The number of benzene rings is 2. The number of anilines is 1. The third kappa shape index (κ3) is 6.81. The minimum atomic E-state index is 0.460. The van der Waals surface area contributed by atoms with E-state index in [9.17, 15) is 0 Å². The number of aryl methyl sites for hydroxylation is 1. The van der Waals surface area contributed by atoms with E-state index in [2.05, 4.69) is 63.0 Å². The van der Waals surface area contributed by atoms with Crippen LogP contribution in [0.2, 0.25) is 0 Å². The van der Waals surface area contributed by atoms with Crippen LogP contribution < -0.4 is 25.0 Å². The van der Waals surface area contributed by atoms with Crippen LogP contribution in [0.1, 0.15) is 31.7 Å². The van der Waals surface area contributed by atoms with Gasteiger partial charge in [0.25, 0.3) is 0 Å². The van der Waals surface area contributed by atoms with Crippen molar-refractivity contribution in [2.45, 2.75) is 38.6 Å². The predicted molar refractivity (Wildman–Crippen MR) is 129 cm³/mol. The average Bonchev–Trinajstić information content (AvgIpc) is 2.82. The molecule has 6 nitrogen and oxygen atoms in total. The monoisotopic (exact) mass is 424 g/mol. The molecule has 1 saturated heterocycles. The predicted octanol–water partition coefficient (Wildman–Crippen LogP) is 3.86. The highest BCUT2D eigenvalue weighted by Gasteiger charge is 2.20. The van der Waals surface area contributed by atoms with E-state index < -0.39 is 0 Å². The number of rotatable bonds is 9. The summed E-state index contributed by atoms with van der Waals surface area (Å²) in [5.74, 6) is 2.49. The third-order valence-corrected chi connectivity index (χ3v) is 5.64. The molecule has 1 heterocycles. The lowest BCUT2D eigenvalue weighted by Gasteiger charge is -2.34. The molecule has 0 spiro atoms. The molecule has 0 aliphatic carbocycles. The van der Waals surface area contributed by atoms with Crippen molar-refractivity contribution < 1.29 is 9.47 Å². The number of nitrogens with one attached hydrogen (secondary N) is 2. The van der Waals surface area contributed by atoms with Gasteiger partial charge in [-0.2, -0.15) is 0 Å². The Morgan fingerprint density at radius 1 is 1.10 bits per heavy atom. The molecule has 0 atom stereocenters. The van der Waals surface area contributed by atoms with E-state index in [0.29, 0.717) is 12.6 Å². The number of methoxy groups -OCH3 is 1. The fourth-order valence-electron chi connectivity index (χ4n) is 3.95. The molecule has 2 aromatic rings. The largest absolute Gasteiger partial charge is 0.493 e. The molecule has 1 aliphatic rings. The van der Waals surface area contributed by atoms with Gasteiger partial charge in [0.2, 0.25) is 0 Å². The molecule has 1 fully saturated rings. The van der Waals surface area contributed by atoms with Crippen molar-refractivity contribution in [3.8, 4) is 11.5 Å². The normalized spacial score (nSPS) is 14.9. The second-order valence-electron chi connectivity index (χ2n) is 7.76. The van der Waals surface area contributed by atoms with E-state index in [1.807, 2.05) is 20.0 Å². The van der Waals surface area contributed by atoms with Crippen molar-refractivity contribution in [3.05, 3.63) is 54.1 Å². The Balaban J connectivity index is 1.39. The van der Waals surface area contributed by atoms with Crippen molar-refractivity contribution in [2.24, 2.45) is 4.99 Å². The summed E-state index contributed by atoms with van der Waals surface area (Å²) >= 11 is 0. The van der Waals surface area contributed by atoms with Gasteiger partial charge in [-0.05, 0) is 62.4 Å². The highest BCUT2D eigenvalue weighted by molar-refractivity contribution is 5.80. The first-order chi connectivity index (χ1) is 15.2. The standard InChI is InChI=1S/C25H36N4O2/c1-4-31-24-19-20(12-13-23(24)30-3)9-8-16-27-25(26-2)28-21-14-17-29(18-15-21)22-10-6-5-7-11-22/h5-7,10-13,19,21H,4,8-9,14-18H2,1-3H3,(H2,26,27,28). The number of piperidine rings is 1. The fourth-order valence-corrected chi connectivity index (χ4v) is 3.95. The van der Waals surface area contributed by atoms with Crippen LogP contribution in [-0.2, 0) is 6.42 Å². The zero-order valence-electron chi connectivity index (χ0n) is 19.1. The molecule has 0 bridgehead atoms. The molecular formula is C25H36N4O2. The van der Waals surface area contributed by atoms with Gasteiger partial charge in [0.1, 0.15) is 0 Å². The highest BCUT2D eigenvalue weighted by atomic mass is 16.5. The number of nitrogens with zero attached hydrogens (tertiary/aromatic N) is 2. The van der Waals surface area contributed by atoms with Crippen molar-refractivity contribution in [1.29, 1.82) is 0 Å². The van der Waals surface area contributed by atoms with Crippen LogP contribution in [0.4, 0.5) is 5.69 Å². The zero-order valence-corrected chi connectivity index (χ0v) is 19.1. The van der Waals surface area contributed by atoms with Gasteiger partial charge >= 0.3 is 0 Å². The molecule has 168 valence electrons. The van der Waals surface area contributed by atoms with Crippen LogP contribution in [0.3, 0.4) is 0 Å². The summed E-state index contributed by atoms with van der Waals surface area (Å²) in [7, 11) is 3.51. The van der Waals surface area contributed by atoms with Crippen molar-refractivity contribution >= 4 is 11.6 Å². The van der Waals surface area contributed by atoms with E-state index >= 15 is 0 Å². The maximum absolute atomic E-state index is 5.68. The molecule has 6 heteroatoms. The molecule has 2 N–H and O–H groups in total. The molecule has 2 aromatic carbocycles. The Morgan fingerprint density at radius 3 is 2.55 bits per heavy atom. The molecule has 0 radical (unpaired) electrons. The number of hydrogen-bond donors (Lipinski definition) is 2. The maximum Gasteiger partial charge on any atom is 0.191 e. The summed E-state index contributed by atoms with van der Waals surface area (Å²) in [5, 5.41) is 7.05. The minimum Gasteiger partial charge on any atom is -0.493 e. The molecule has 3 rings (SSSR count). The lowest BCUT2D eigenvalue weighted by molar-refractivity contribution is 0.310. The number of hydrogen-bond acceptors (Lipinski definition) is 4. The topological polar surface area (TPSA) is 58.1 Å². The number of guanidine groups is 1. The first kappa shape index (κ1) is 22.8. The molecular weight excluding hydrogens is 388 g/mol. The summed E-state index contributed by atoms with van der Waals surface area (Å²) in [5.41, 5.74) is 2.57. The Hall–Kier alpha value is -2.89. The Morgan fingerprint density at radius 2 is 1.87 bits per heavy atom. The summed E-state index contributed by atoms with van der Waals surface area (Å²) in [6.07, 6.45) is 4.22. The van der Waals surface area contributed by atoms with Crippen molar-refractivity contribution in [2.75, 3.05) is 45.3 Å². The summed E-state index contributed by atoms with van der Waals surface area (Å²) < 4.78 is 11.0. The van der Waals surface area contributed by atoms with Crippen LogP contribution in [-0.4, -0.2) is 52.4 Å². The van der Waals surface area contributed by atoms with E-state index in [1.165, 1.54) is 11.3 Å². The number of aliphatic imine (C=N–C) groups is 1. The van der Waals surface area contributed by atoms with Crippen LogP contribution in [0.5, 0.6) is 11.5 Å². The van der Waals surface area contributed by atoms with Gasteiger partial charge in [0.05, 0.1) is 13.7 Å². The minimum absolute atomic E-state index is 0.460. The number of ether oxygens (including phenoxy) is 2. The van der Waals surface area contributed by atoms with Gasteiger partial charge in [0.15, 0.2) is 17.5 Å². The molecule has 1 aliphatic heterocycles. The van der Waals surface area contributed by atoms with Crippen molar-refractivity contribution in [3.63, 3.8) is 0 Å². The van der Waals surface area contributed by atoms with Gasteiger partial charge in [-0.15, -0.1) is 0 Å². The lowest BCUT2D eigenvalue weighted by atomic mass is 10.0. The van der Waals surface area contributed by atoms with Crippen LogP contribution in [0, 0.1) is 0 Å². The van der Waals surface area contributed by atoms with E-state index in [-0.39, 0.29) is 0 Å². The van der Waals surface area contributed by atoms with Gasteiger partial charge in [-0.1, -0.05) is 24.3 Å². The second kappa shape index (κ2) is 12.1. The van der Waals surface area contributed by atoms with Crippen LogP contribution in [0.25, 0.3) is 0 Å².